The van der Waals surface area contributed by atoms with Crippen molar-refractivity contribution in [3.05, 3.63) is 42.5 Å². The van der Waals surface area contributed by atoms with Crippen LogP contribution in [0.4, 0.5) is 11.5 Å². The smallest absolute Gasteiger partial charge is 0.338 e. The molecule has 0 bridgehead atoms. The minimum atomic E-state index is -1.26. The number of aliphatic hydroxyl groups excluding tert-OH is 3. The number of aromatic nitrogens is 4. The van der Waals surface area contributed by atoms with Crippen LogP contribution in [0.2, 0.25) is 0 Å². The number of aliphatic hydroxyl groups is 3. The van der Waals surface area contributed by atoms with Crippen LogP contribution in [0.1, 0.15) is 23.5 Å². The van der Waals surface area contributed by atoms with E-state index in [1.165, 1.54) is 17.2 Å². The van der Waals surface area contributed by atoms with Gasteiger partial charge in [-0.15, -0.1) is 0 Å². The van der Waals surface area contributed by atoms with E-state index in [2.05, 4.69) is 20.3 Å². The van der Waals surface area contributed by atoms with Gasteiger partial charge in [-0.3, -0.25) is 4.57 Å². The van der Waals surface area contributed by atoms with Gasteiger partial charge in [0.25, 0.3) is 0 Å². The fourth-order valence-corrected chi connectivity index (χ4v) is 3.31. The minimum Gasteiger partial charge on any atom is -0.462 e. The zero-order chi connectivity index (χ0) is 21.3. The predicted molar refractivity (Wildman–Crippen MR) is 104 cm³/mol. The van der Waals surface area contributed by atoms with E-state index in [-0.39, 0.29) is 6.61 Å². The molecule has 0 aliphatic carbocycles. The molecule has 1 aromatic carbocycles. The second kappa shape index (κ2) is 8.32. The summed E-state index contributed by atoms with van der Waals surface area (Å²) in [6.07, 6.45) is -1.63. The van der Waals surface area contributed by atoms with Crippen molar-refractivity contribution in [2.24, 2.45) is 0 Å². The van der Waals surface area contributed by atoms with Crippen LogP contribution in [-0.2, 0) is 9.47 Å². The number of hydrogen-bond acceptors (Lipinski definition) is 10. The lowest BCUT2D eigenvalue weighted by atomic mass is 10.1. The maximum absolute atomic E-state index is 12.0. The summed E-state index contributed by atoms with van der Waals surface area (Å²) in [6, 6.07) is 6.76. The molecule has 11 heteroatoms. The third-order valence-corrected chi connectivity index (χ3v) is 4.79. The molecule has 0 amide bonds. The molecule has 0 unspecified atom stereocenters. The Bertz CT molecular complexity index is 1060. The fraction of sp³-hybridized carbons (Fsp3) is 0.368. The number of nitrogens with one attached hydrogen (secondary N) is 1. The van der Waals surface area contributed by atoms with Crippen LogP contribution in [-0.4, -0.2) is 72.3 Å². The lowest BCUT2D eigenvalue weighted by Crippen LogP contribution is -2.33. The molecule has 4 N–H and O–H groups in total. The van der Waals surface area contributed by atoms with E-state index >= 15 is 0 Å². The van der Waals surface area contributed by atoms with Crippen molar-refractivity contribution in [1.29, 1.82) is 0 Å². The maximum Gasteiger partial charge on any atom is 0.338 e. The summed E-state index contributed by atoms with van der Waals surface area (Å²) in [6.45, 7) is 1.59. The van der Waals surface area contributed by atoms with Crippen molar-refractivity contribution in [2.45, 2.75) is 31.5 Å². The van der Waals surface area contributed by atoms with Crippen molar-refractivity contribution in [1.82, 2.24) is 19.5 Å². The second-order valence-electron chi connectivity index (χ2n) is 6.70. The first-order valence-corrected chi connectivity index (χ1v) is 9.37. The van der Waals surface area contributed by atoms with Crippen LogP contribution >= 0.6 is 0 Å². The Hall–Kier alpha value is -3.12. The van der Waals surface area contributed by atoms with Gasteiger partial charge in [-0.2, -0.15) is 0 Å². The fourth-order valence-electron chi connectivity index (χ4n) is 3.31. The lowest BCUT2D eigenvalue weighted by molar-refractivity contribution is -0.0511. The summed E-state index contributed by atoms with van der Waals surface area (Å²) in [5, 5.41) is 32.7. The molecule has 3 heterocycles. The number of rotatable bonds is 6. The molecule has 1 saturated heterocycles. The summed E-state index contributed by atoms with van der Waals surface area (Å²) in [4.78, 5) is 24.7. The molecule has 11 nitrogen and oxygen atoms in total. The molecular formula is C19H21N5O6. The van der Waals surface area contributed by atoms with Crippen LogP contribution in [0.25, 0.3) is 11.2 Å². The highest BCUT2D eigenvalue weighted by molar-refractivity contribution is 5.91. The largest absolute Gasteiger partial charge is 0.462 e. The number of carbonyl (C=O) groups excluding carboxylic acids is 1. The van der Waals surface area contributed by atoms with E-state index < -0.39 is 37.1 Å². The van der Waals surface area contributed by atoms with E-state index in [4.69, 9.17) is 9.47 Å². The van der Waals surface area contributed by atoms with Gasteiger partial charge in [0.05, 0.1) is 25.1 Å². The zero-order valence-corrected chi connectivity index (χ0v) is 16.0. The molecule has 0 saturated carbocycles. The average Bonchev–Trinajstić information content (AvgIpc) is 3.30. The molecule has 3 aromatic rings. The number of esters is 1. The topological polar surface area (TPSA) is 152 Å². The molecule has 4 atom stereocenters. The molecule has 4 rings (SSSR count). The van der Waals surface area contributed by atoms with E-state index in [1.54, 1.807) is 31.2 Å². The normalized spacial score (nSPS) is 23.6. The average molecular weight is 415 g/mol. The molecule has 1 aliphatic rings. The van der Waals surface area contributed by atoms with Crippen LogP contribution in [0, 0.1) is 0 Å². The minimum absolute atomic E-state index is 0.279. The van der Waals surface area contributed by atoms with Gasteiger partial charge < -0.3 is 30.1 Å². The van der Waals surface area contributed by atoms with Crippen molar-refractivity contribution in [3.63, 3.8) is 0 Å². The van der Waals surface area contributed by atoms with Crippen molar-refractivity contribution in [2.75, 3.05) is 18.5 Å². The van der Waals surface area contributed by atoms with Gasteiger partial charge in [0, 0.05) is 5.69 Å². The number of imidazole rings is 1. The van der Waals surface area contributed by atoms with Gasteiger partial charge >= 0.3 is 5.97 Å². The third-order valence-electron chi connectivity index (χ3n) is 4.79. The number of fused-ring (bicyclic) bond motifs is 1. The molecule has 1 fully saturated rings. The van der Waals surface area contributed by atoms with Gasteiger partial charge in [-0.1, -0.05) is 6.07 Å². The molecular weight excluding hydrogens is 394 g/mol. The number of ether oxygens (including phenoxy) is 2. The molecule has 30 heavy (non-hydrogen) atoms. The summed E-state index contributed by atoms with van der Waals surface area (Å²) in [5.74, 6) is -0.0471. The van der Waals surface area contributed by atoms with Gasteiger partial charge in [0.2, 0.25) is 0 Å². The lowest BCUT2D eigenvalue weighted by Gasteiger charge is -2.16. The number of nitrogens with zero attached hydrogens (tertiary/aromatic N) is 4. The van der Waals surface area contributed by atoms with Crippen LogP contribution in [0.5, 0.6) is 0 Å². The molecule has 0 spiro atoms. The summed E-state index contributed by atoms with van der Waals surface area (Å²) < 4.78 is 12.0. The van der Waals surface area contributed by atoms with Crippen LogP contribution in [0.3, 0.4) is 0 Å². The summed E-state index contributed by atoms with van der Waals surface area (Å²) >= 11 is 0. The van der Waals surface area contributed by atoms with E-state index in [0.717, 1.165) is 0 Å². The highest BCUT2D eigenvalue weighted by Crippen LogP contribution is 2.32. The van der Waals surface area contributed by atoms with Crippen molar-refractivity contribution in [3.8, 4) is 0 Å². The SMILES string of the molecule is CCOC(=O)c1cccc(Nc2ncnc3c2ncn3[C@@H]2O[C@H](CO)[C@@H](O)[C@H]2O)c1. The maximum atomic E-state index is 12.0. The quantitative estimate of drug-likeness (QED) is 0.415. The van der Waals surface area contributed by atoms with Crippen LogP contribution in [0.15, 0.2) is 36.9 Å². The Balaban J connectivity index is 1.63. The Labute approximate surface area is 170 Å². The summed E-state index contributed by atoms with van der Waals surface area (Å²) in [7, 11) is 0. The van der Waals surface area contributed by atoms with Gasteiger partial charge in [0.1, 0.15) is 24.6 Å². The van der Waals surface area contributed by atoms with Gasteiger partial charge in [-0.25, -0.2) is 19.7 Å². The standard InChI is InChI=1S/C19H21N5O6/c1-2-29-19(28)10-4-3-5-11(6-10)23-16-13-17(21-8-20-16)24(9-22-13)18-15(27)14(26)12(7-25)30-18/h3-6,8-9,12,14-15,18,25-27H,2,7H2,1H3,(H,20,21,23)/t12-,14-,15-,18-/m1/s1. The van der Waals surface area contributed by atoms with E-state index in [1.807, 2.05) is 0 Å². The third kappa shape index (κ3) is 3.59. The molecule has 1 aliphatic heterocycles. The predicted octanol–water partition coefficient (Wildman–Crippen LogP) is 0.358. The number of hydrogen-bond donors (Lipinski definition) is 4. The van der Waals surface area contributed by atoms with E-state index in [0.29, 0.717) is 28.2 Å². The van der Waals surface area contributed by atoms with Crippen LogP contribution < -0.4 is 5.32 Å². The number of benzene rings is 1. The first kappa shape index (κ1) is 20.2. The monoisotopic (exact) mass is 415 g/mol. The van der Waals surface area contributed by atoms with E-state index in [9.17, 15) is 20.1 Å². The Kier molecular flexibility index (Phi) is 5.59. The van der Waals surface area contributed by atoms with Gasteiger partial charge in [0.15, 0.2) is 23.2 Å². The highest BCUT2D eigenvalue weighted by Gasteiger charge is 2.44. The number of anilines is 2. The van der Waals surface area contributed by atoms with Crippen molar-refractivity contribution >= 4 is 28.6 Å². The first-order valence-electron chi connectivity index (χ1n) is 9.37. The highest BCUT2D eigenvalue weighted by atomic mass is 16.6. The number of carbonyl (C=O) groups is 1. The Morgan fingerprint density at radius 3 is 2.83 bits per heavy atom. The second-order valence-corrected chi connectivity index (χ2v) is 6.70. The molecule has 158 valence electrons. The molecule has 0 radical (unpaired) electrons. The Morgan fingerprint density at radius 1 is 1.27 bits per heavy atom. The first-order chi connectivity index (χ1) is 14.5. The van der Waals surface area contributed by atoms with Gasteiger partial charge in [-0.05, 0) is 25.1 Å². The summed E-state index contributed by atoms with van der Waals surface area (Å²) in [5.41, 5.74) is 1.76. The zero-order valence-electron chi connectivity index (χ0n) is 16.0. The molecule has 2 aromatic heterocycles. The Morgan fingerprint density at radius 2 is 2.10 bits per heavy atom. The van der Waals surface area contributed by atoms with Crippen molar-refractivity contribution < 1.29 is 29.6 Å².